The van der Waals surface area contributed by atoms with Crippen LogP contribution >= 0.6 is 0 Å². The molecule has 0 atom stereocenters. The van der Waals surface area contributed by atoms with E-state index in [-0.39, 0.29) is 5.91 Å². The van der Waals surface area contributed by atoms with E-state index in [1.165, 1.54) is 0 Å². The maximum atomic E-state index is 12.2. The molecule has 5 heteroatoms. The van der Waals surface area contributed by atoms with Crippen molar-refractivity contribution in [2.45, 2.75) is 26.2 Å². The zero-order valence-electron chi connectivity index (χ0n) is 12.0. The van der Waals surface area contributed by atoms with Crippen molar-refractivity contribution in [1.29, 1.82) is 0 Å². The Morgan fingerprint density at radius 2 is 2.25 bits per heavy atom. The number of carbonyl (C=O) groups is 1. The van der Waals surface area contributed by atoms with Crippen molar-refractivity contribution in [3.8, 4) is 0 Å². The molecule has 1 aliphatic heterocycles. The number of carbonyl (C=O) groups excluding carboxylic acids is 1. The van der Waals surface area contributed by atoms with Gasteiger partial charge in [0.1, 0.15) is 5.82 Å². The molecule has 110 valence electrons. The van der Waals surface area contributed by atoms with Gasteiger partial charge in [0, 0.05) is 32.5 Å². The molecule has 20 heavy (non-hydrogen) atoms. The van der Waals surface area contributed by atoms with Gasteiger partial charge in [-0.25, -0.2) is 4.98 Å². The number of aromatic nitrogens is 1. The van der Waals surface area contributed by atoms with Gasteiger partial charge in [0.25, 0.3) is 5.91 Å². The molecule has 2 N–H and O–H groups in total. The van der Waals surface area contributed by atoms with Crippen molar-refractivity contribution in [1.82, 2.24) is 10.3 Å². The molecule has 2 rings (SSSR count). The topological polar surface area (TPSA) is 63.2 Å². The third-order valence-electron chi connectivity index (χ3n) is 3.49. The van der Waals surface area contributed by atoms with Gasteiger partial charge in [0.15, 0.2) is 0 Å². The molecular formula is C15H23N3O2. The number of nitrogens with zero attached hydrogens (tertiary/aromatic N) is 1. The van der Waals surface area contributed by atoms with E-state index in [1.807, 2.05) is 6.07 Å². The Hall–Kier alpha value is -1.62. The minimum absolute atomic E-state index is 0.0526. The lowest BCUT2D eigenvalue weighted by molar-refractivity contribution is 0.0643. The summed E-state index contributed by atoms with van der Waals surface area (Å²) in [6.45, 7) is 5.22. The summed E-state index contributed by atoms with van der Waals surface area (Å²) >= 11 is 0. The van der Waals surface area contributed by atoms with Gasteiger partial charge >= 0.3 is 0 Å². The Morgan fingerprint density at radius 1 is 1.45 bits per heavy atom. The van der Waals surface area contributed by atoms with E-state index >= 15 is 0 Å². The van der Waals surface area contributed by atoms with Crippen LogP contribution in [0.1, 0.15) is 36.5 Å². The molecule has 0 aliphatic carbocycles. The van der Waals surface area contributed by atoms with Crippen molar-refractivity contribution < 1.29 is 9.53 Å². The predicted octanol–water partition coefficient (Wildman–Crippen LogP) is 2.06. The van der Waals surface area contributed by atoms with E-state index in [0.717, 1.165) is 39.0 Å². The summed E-state index contributed by atoms with van der Waals surface area (Å²) in [6.07, 6.45) is 4.75. The van der Waals surface area contributed by atoms with Gasteiger partial charge in [0.2, 0.25) is 0 Å². The SMILES string of the molecule is CCCNc1ncccc1C(=O)NCC1CCOCC1. The summed E-state index contributed by atoms with van der Waals surface area (Å²) in [6, 6.07) is 3.60. The van der Waals surface area contributed by atoms with Crippen LogP contribution in [-0.2, 0) is 4.74 Å². The van der Waals surface area contributed by atoms with Crippen molar-refractivity contribution in [3.05, 3.63) is 23.9 Å². The molecule has 0 saturated carbocycles. The van der Waals surface area contributed by atoms with Gasteiger partial charge in [-0.2, -0.15) is 0 Å². The molecule has 1 aliphatic rings. The van der Waals surface area contributed by atoms with Crippen LogP contribution in [0.2, 0.25) is 0 Å². The number of nitrogens with one attached hydrogen (secondary N) is 2. The summed E-state index contributed by atoms with van der Waals surface area (Å²) in [5, 5.41) is 6.20. The smallest absolute Gasteiger partial charge is 0.255 e. The molecule has 0 spiro atoms. The van der Waals surface area contributed by atoms with Crippen LogP contribution < -0.4 is 10.6 Å². The third kappa shape index (κ3) is 4.20. The zero-order chi connectivity index (χ0) is 14.2. The minimum Gasteiger partial charge on any atom is -0.381 e. The summed E-state index contributed by atoms with van der Waals surface area (Å²) in [7, 11) is 0. The lowest BCUT2D eigenvalue weighted by Gasteiger charge is -2.22. The fourth-order valence-corrected chi connectivity index (χ4v) is 2.26. The lowest BCUT2D eigenvalue weighted by Crippen LogP contribution is -2.32. The molecule has 1 amide bonds. The molecular weight excluding hydrogens is 254 g/mol. The second-order valence-corrected chi connectivity index (χ2v) is 5.09. The van der Waals surface area contributed by atoms with Gasteiger partial charge < -0.3 is 15.4 Å². The number of ether oxygens (including phenoxy) is 1. The Kier molecular flexibility index (Phi) is 5.80. The average Bonchev–Trinajstić information content (AvgIpc) is 2.52. The fraction of sp³-hybridized carbons (Fsp3) is 0.600. The van der Waals surface area contributed by atoms with Crippen LogP contribution in [0, 0.1) is 5.92 Å². The quantitative estimate of drug-likeness (QED) is 0.835. The normalized spacial score (nSPS) is 15.8. The summed E-state index contributed by atoms with van der Waals surface area (Å²) in [4.78, 5) is 16.5. The average molecular weight is 277 g/mol. The van der Waals surface area contributed by atoms with Gasteiger partial charge in [-0.05, 0) is 37.3 Å². The van der Waals surface area contributed by atoms with Crippen molar-refractivity contribution in [3.63, 3.8) is 0 Å². The first-order valence-electron chi connectivity index (χ1n) is 7.36. The highest BCUT2D eigenvalue weighted by atomic mass is 16.5. The number of anilines is 1. The molecule has 5 nitrogen and oxygen atoms in total. The van der Waals surface area contributed by atoms with Crippen molar-refractivity contribution >= 4 is 11.7 Å². The summed E-state index contributed by atoms with van der Waals surface area (Å²) in [5.74, 6) is 1.14. The van der Waals surface area contributed by atoms with E-state index < -0.39 is 0 Å². The first-order chi connectivity index (χ1) is 9.81. The Labute approximate surface area is 120 Å². The van der Waals surface area contributed by atoms with Gasteiger partial charge in [0.05, 0.1) is 5.56 Å². The van der Waals surface area contributed by atoms with Crippen LogP contribution in [0.3, 0.4) is 0 Å². The number of pyridine rings is 1. The molecule has 1 fully saturated rings. The van der Waals surface area contributed by atoms with E-state index in [9.17, 15) is 4.79 Å². The zero-order valence-corrected chi connectivity index (χ0v) is 12.0. The minimum atomic E-state index is -0.0526. The largest absolute Gasteiger partial charge is 0.381 e. The van der Waals surface area contributed by atoms with E-state index in [0.29, 0.717) is 23.8 Å². The number of hydrogen-bond acceptors (Lipinski definition) is 4. The first kappa shape index (κ1) is 14.8. The highest BCUT2D eigenvalue weighted by molar-refractivity contribution is 5.98. The first-order valence-corrected chi connectivity index (χ1v) is 7.36. The van der Waals surface area contributed by atoms with Gasteiger partial charge in [-0.15, -0.1) is 0 Å². The Bertz CT molecular complexity index is 431. The van der Waals surface area contributed by atoms with Crippen molar-refractivity contribution in [2.75, 3.05) is 31.6 Å². The molecule has 0 bridgehead atoms. The lowest BCUT2D eigenvalue weighted by atomic mass is 10.0. The molecule has 0 unspecified atom stereocenters. The number of rotatable bonds is 6. The fourth-order valence-electron chi connectivity index (χ4n) is 2.26. The molecule has 1 aromatic heterocycles. The van der Waals surface area contributed by atoms with Crippen LogP contribution in [0.4, 0.5) is 5.82 Å². The molecule has 0 aromatic carbocycles. The van der Waals surface area contributed by atoms with E-state index in [4.69, 9.17) is 4.74 Å². The molecule has 2 heterocycles. The molecule has 1 aromatic rings. The van der Waals surface area contributed by atoms with Crippen LogP contribution in [0.5, 0.6) is 0 Å². The van der Waals surface area contributed by atoms with Crippen LogP contribution in [0.15, 0.2) is 18.3 Å². The summed E-state index contributed by atoms with van der Waals surface area (Å²) in [5.41, 5.74) is 0.619. The highest BCUT2D eigenvalue weighted by Gasteiger charge is 2.16. The Balaban J connectivity index is 1.90. The third-order valence-corrected chi connectivity index (χ3v) is 3.49. The highest BCUT2D eigenvalue weighted by Crippen LogP contribution is 2.15. The van der Waals surface area contributed by atoms with Crippen LogP contribution in [-0.4, -0.2) is 37.2 Å². The monoisotopic (exact) mass is 277 g/mol. The van der Waals surface area contributed by atoms with Gasteiger partial charge in [-0.1, -0.05) is 6.92 Å². The van der Waals surface area contributed by atoms with Gasteiger partial charge in [-0.3, -0.25) is 4.79 Å². The maximum Gasteiger partial charge on any atom is 0.255 e. The second kappa shape index (κ2) is 7.85. The standard InChI is InChI=1S/C15H23N3O2/c1-2-7-16-14-13(4-3-8-17-14)15(19)18-11-12-5-9-20-10-6-12/h3-4,8,12H,2,5-7,9-11H2,1H3,(H,16,17)(H,18,19). The number of hydrogen-bond donors (Lipinski definition) is 2. The van der Waals surface area contributed by atoms with Crippen molar-refractivity contribution in [2.24, 2.45) is 5.92 Å². The van der Waals surface area contributed by atoms with E-state index in [2.05, 4.69) is 22.5 Å². The summed E-state index contributed by atoms with van der Waals surface area (Å²) < 4.78 is 5.32. The van der Waals surface area contributed by atoms with Crippen LogP contribution in [0.25, 0.3) is 0 Å². The maximum absolute atomic E-state index is 12.2. The van der Waals surface area contributed by atoms with E-state index in [1.54, 1.807) is 12.3 Å². The second-order valence-electron chi connectivity index (χ2n) is 5.09. The molecule has 1 saturated heterocycles. The predicted molar refractivity (Wildman–Crippen MR) is 78.9 cm³/mol. The molecule has 0 radical (unpaired) electrons. The number of amides is 1. The Morgan fingerprint density at radius 3 is 3.00 bits per heavy atom.